The first-order valence-electron chi connectivity index (χ1n) is 4.36. The average molecular weight is 189 g/mol. The highest BCUT2D eigenvalue weighted by atomic mass is 16.4. The van der Waals surface area contributed by atoms with Crippen LogP contribution in [0, 0.1) is 6.92 Å². The van der Waals surface area contributed by atoms with Crippen molar-refractivity contribution in [3.05, 3.63) is 47.7 Å². The summed E-state index contributed by atoms with van der Waals surface area (Å²) in [6.45, 7) is 2.01. The van der Waals surface area contributed by atoms with E-state index in [4.69, 9.17) is 10.2 Å². The van der Waals surface area contributed by atoms with Gasteiger partial charge in [-0.25, -0.2) is 0 Å². The van der Waals surface area contributed by atoms with Gasteiger partial charge in [0.1, 0.15) is 6.04 Å². The lowest BCUT2D eigenvalue weighted by molar-refractivity contribution is 0.472. The summed E-state index contributed by atoms with van der Waals surface area (Å²) < 4.78 is 5.06. The van der Waals surface area contributed by atoms with Gasteiger partial charge >= 0.3 is 0 Å². The first-order valence-corrected chi connectivity index (χ1v) is 4.36. The average Bonchev–Trinajstić information content (AvgIpc) is 2.70. The molecule has 1 atom stereocenters. The Kier molecular flexibility index (Phi) is 2.28. The minimum Gasteiger partial charge on any atom is -0.426 e. The summed E-state index contributed by atoms with van der Waals surface area (Å²) in [5, 5.41) is 7.39. The van der Waals surface area contributed by atoms with Crippen LogP contribution < -0.4 is 5.73 Å². The van der Waals surface area contributed by atoms with E-state index in [0.29, 0.717) is 5.89 Å². The van der Waals surface area contributed by atoms with Crippen LogP contribution in [0.2, 0.25) is 0 Å². The maximum absolute atomic E-state index is 5.97. The normalized spacial score (nSPS) is 12.7. The lowest BCUT2D eigenvalue weighted by Gasteiger charge is -2.09. The van der Waals surface area contributed by atoms with Crippen LogP contribution in [-0.2, 0) is 0 Å². The van der Waals surface area contributed by atoms with E-state index in [-0.39, 0.29) is 6.04 Å². The molecule has 0 saturated carbocycles. The van der Waals surface area contributed by atoms with Gasteiger partial charge in [-0.15, -0.1) is 10.2 Å². The van der Waals surface area contributed by atoms with Gasteiger partial charge in [-0.3, -0.25) is 0 Å². The molecule has 0 amide bonds. The largest absolute Gasteiger partial charge is 0.426 e. The maximum atomic E-state index is 5.97. The molecule has 2 aromatic rings. The van der Waals surface area contributed by atoms with E-state index in [9.17, 15) is 0 Å². The van der Waals surface area contributed by atoms with E-state index >= 15 is 0 Å². The Morgan fingerprint density at radius 3 is 2.79 bits per heavy atom. The van der Waals surface area contributed by atoms with Crippen molar-refractivity contribution in [2.75, 3.05) is 0 Å². The summed E-state index contributed by atoms with van der Waals surface area (Å²) in [4.78, 5) is 0. The van der Waals surface area contributed by atoms with Crippen molar-refractivity contribution in [2.24, 2.45) is 5.73 Å². The van der Waals surface area contributed by atoms with Gasteiger partial charge in [0.25, 0.3) is 0 Å². The van der Waals surface area contributed by atoms with Crippen molar-refractivity contribution in [2.45, 2.75) is 13.0 Å². The van der Waals surface area contributed by atoms with Gasteiger partial charge in [0.15, 0.2) is 0 Å². The van der Waals surface area contributed by atoms with Crippen molar-refractivity contribution in [1.29, 1.82) is 0 Å². The molecule has 4 heteroatoms. The van der Waals surface area contributed by atoms with Gasteiger partial charge in [-0.1, -0.05) is 24.3 Å². The van der Waals surface area contributed by atoms with Crippen LogP contribution in [0.25, 0.3) is 0 Å². The molecule has 2 N–H and O–H groups in total. The van der Waals surface area contributed by atoms with Gasteiger partial charge < -0.3 is 10.2 Å². The van der Waals surface area contributed by atoms with Crippen LogP contribution >= 0.6 is 0 Å². The Balaban J connectivity index is 2.37. The molecule has 14 heavy (non-hydrogen) atoms. The second kappa shape index (κ2) is 3.59. The molecule has 1 aromatic heterocycles. The number of aryl methyl sites for hydroxylation is 1. The van der Waals surface area contributed by atoms with Gasteiger partial charge in [0.05, 0.1) is 0 Å². The number of nitrogens with two attached hydrogens (primary N) is 1. The number of benzene rings is 1. The quantitative estimate of drug-likeness (QED) is 0.776. The first kappa shape index (κ1) is 8.90. The van der Waals surface area contributed by atoms with Crippen LogP contribution in [0.15, 0.2) is 35.1 Å². The Morgan fingerprint density at radius 1 is 1.36 bits per heavy atom. The lowest BCUT2D eigenvalue weighted by Crippen LogP contribution is -2.13. The molecule has 4 nitrogen and oxygen atoms in total. The smallest absolute Gasteiger partial charge is 0.237 e. The fourth-order valence-electron chi connectivity index (χ4n) is 1.39. The van der Waals surface area contributed by atoms with E-state index in [1.165, 1.54) is 6.39 Å². The van der Waals surface area contributed by atoms with E-state index in [1.807, 2.05) is 31.2 Å². The van der Waals surface area contributed by atoms with Gasteiger partial charge in [-0.05, 0) is 18.1 Å². The highest BCUT2D eigenvalue weighted by Crippen LogP contribution is 2.20. The van der Waals surface area contributed by atoms with Crippen molar-refractivity contribution in [3.8, 4) is 0 Å². The van der Waals surface area contributed by atoms with Crippen molar-refractivity contribution in [3.63, 3.8) is 0 Å². The van der Waals surface area contributed by atoms with E-state index in [1.54, 1.807) is 0 Å². The summed E-state index contributed by atoms with van der Waals surface area (Å²) in [6.07, 6.45) is 1.29. The number of rotatable bonds is 2. The van der Waals surface area contributed by atoms with E-state index in [0.717, 1.165) is 11.1 Å². The molecule has 0 aliphatic carbocycles. The molecule has 0 bridgehead atoms. The van der Waals surface area contributed by atoms with Crippen molar-refractivity contribution in [1.82, 2.24) is 10.2 Å². The molecular formula is C10H11N3O. The maximum Gasteiger partial charge on any atom is 0.237 e. The van der Waals surface area contributed by atoms with Crippen LogP contribution in [-0.4, -0.2) is 10.2 Å². The molecule has 0 radical (unpaired) electrons. The summed E-state index contributed by atoms with van der Waals surface area (Å²) in [5.41, 5.74) is 8.10. The molecule has 72 valence electrons. The molecule has 1 heterocycles. The number of aromatic nitrogens is 2. The van der Waals surface area contributed by atoms with Gasteiger partial charge in [-0.2, -0.15) is 0 Å². The summed E-state index contributed by atoms with van der Waals surface area (Å²) in [5.74, 6) is 0.444. The third-order valence-corrected chi connectivity index (χ3v) is 2.17. The third-order valence-electron chi connectivity index (χ3n) is 2.17. The topological polar surface area (TPSA) is 64.9 Å². The highest BCUT2D eigenvalue weighted by molar-refractivity contribution is 5.31. The molecule has 0 fully saturated rings. The molecule has 2 rings (SSSR count). The second-order valence-electron chi connectivity index (χ2n) is 3.11. The predicted molar refractivity (Wildman–Crippen MR) is 51.5 cm³/mol. The molecule has 1 aromatic carbocycles. The second-order valence-corrected chi connectivity index (χ2v) is 3.11. The Labute approximate surface area is 81.8 Å². The van der Waals surface area contributed by atoms with Crippen LogP contribution in [0.1, 0.15) is 23.1 Å². The fraction of sp³-hybridized carbons (Fsp3) is 0.200. The zero-order valence-corrected chi connectivity index (χ0v) is 7.84. The molecule has 0 saturated heterocycles. The predicted octanol–water partition coefficient (Wildman–Crippen LogP) is 1.43. The monoisotopic (exact) mass is 189 g/mol. The number of nitrogens with zero attached hydrogens (tertiary/aromatic N) is 2. The van der Waals surface area contributed by atoms with Gasteiger partial charge in [0.2, 0.25) is 12.3 Å². The minimum atomic E-state index is -0.335. The summed E-state index contributed by atoms with van der Waals surface area (Å²) >= 11 is 0. The van der Waals surface area contributed by atoms with Crippen LogP contribution in [0.3, 0.4) is 0 Å². The summed E-state index contributed by atoms with van der Waals surface area (Å²) in [7, 11) is 0. The number of hydrogen-bond donors (Lipinski definition) is 1. The van der Waals surface area contributed by atoms with Crippen LogP contribution in [0.4, 0.5) is 0 Å². The fourth-order valence-corrected chi connectivity index (χ4v) is 1.39. The van der Waals surface area contributed by atoms with Crippen molar-refractivity contribution < 1.29 is 4.42 Å². The zero-order valence-electron chi connectivity index (χ0n) is 7.84. The zero-order chi connectivity index (χ0) is 9.97. The standard InChI is InChI=1S/C10H11N3O/c1-7-4-2-3-5-8(7)9(11)10-13-12-6-14-10/h2-6,9H,11H2,1H3. The Hall–Kier alpha value is -1.68. The summed E-state index contributed by atoms with van der Waals surface area (Å²) in [6, 6.07) is 7.55. The number of hydrogen-bond acceptors (Lipinski definition) is 4. The molecule has 0 aliphatic heterocycles. The Morgan fingerprint density at radius 2 is 2.14 bits per heavy atom. The first-order chi connectivity index (χ1) is 6.79. The minimum absolute atomic E-state index is 0.335. The SMILES string of the molecule is Cc1ccccc1C(N)c1nnco1. The molecule has 0 spiro atoms. The molecule has 0 aliphatic rings. The molecule has 1 unspecified atom stereocenters. The van der Waals surface area contributed by atoms with E-state index < -0.39 is 0 Å². The van der Waals surface area contributed by atoms with Crippen molar-refractivity contribution >= 4 is 0 Å². The van der Waals surface area contributed by atoms with Gasteiger partial charge in [0, 0.05) is 0 Å². The highest BCUT2D eigenvalue weighted by Gasteiger charge is 2.15. The Bertz CT molecular complexity index is 411. The lowest BCUT2D eigenvalue weighted by atomic mass is 10.0. The third kappa shape index (κ3) is 1.52. The van der Waals surface area contributed by atoms with Crippen LogP contribution in [0.5, 0.6) is 0 Å². The van der Waals surface area contributed by atoms with E-state index in [2.05, 4.69) is 10.2 Å². The molecular weight excluding hydrogens is 178 g/mol.